The van der Waals surface area contributed by atoms with Gasteiger partial charge < -0.3 is 4.90 Å². The molecule has 0 bridgehead atoms. The highest BCUT2D eigenvalue weighted by Gasteiger charge is 2.26. The molecule has 308 valence electrons. The van der Waals surface area contributed by atoms with Crippen molar-refractivity contribution in [3.8, 4) is 33.4 Å². The summed E-state index contributed by atoms with van der Waals surface area (Å²) in [5.74, 6) is 0. The van der Waals surface area contributed by atoms with E-state index in [0.717, 1.165) is 17.1 Å². The molecule has 0 aliphatic heterocycles. The van der Waals surface area contributed by atoms with Gasteiger partial charge in [-0.2, -0.15) is 0 Å². The number of nitrogens with zero attached hydrogens (tertiary/aromatic N) is 1. The maximum Gasteiger partial charge on any atom is 0.0540 e. The van der Waals surface area contributed by atoms with Crippen LogP contribution in [0.5, 0.6) is 0 Å². The van der Waals surface area contributed by atoms with Gasteiger partial charge in [-0.25, -0.2) is 0 Å². The summed E-state index contributed by atoms with van der Waals surface area (Å²) in [6.07, 6.45) is 0. The smallest absolute Gasteiger partial charge is 0.0540 e. The summed E-state index contributed by atoms with van der Waals surface area (Å²) in [7, 11) is 0. The second-order valence-corrected chi connectivity index (χ2v) is 21.2. The molecule has 8 aromatic carbocycles. The van der Waals surface area contributed by atoms with Gasteiger partial charge in [-0.3, -0.25) is 0 Å². The van der Waals surface area contributed by atoms with Gasteiger partial charge in [0.05, 0.1) is 11.4 Å². The summed E-state index contributed by atoms with van der Waals surface area (Å²) >= 11 is 0. The summed E-state index contributed by atoms with van der Waals surface area (Å²) in [6, 6.07) is 61.9. The summed E-state index contributed by atoms with van der Waals surface area (Å²) in [4.78, 5) is 2.51. The van der Waals surface area contributed by atoms with E-state index in [1.165, 1.54) is 77.2 Å². The molecule has 0 aliphatic rings. The molecule has 0 radical (unpaired) electrons. The number of benzene rings is 8. The molecule has 0 aromatic heterocycles. The summed E-state index contributed by atoms with van der Waals surface area (Å²) in [6.45, 7) is 27.9. The topological polar surface area (TPSA) is 3.24 Å². The van der Waals surface area contributed by atoms with Gasteiger partial charge in [0.15, 0.2) is 0 Å². The van der Waals surface area contributed by atoms with E-state index in [1.807, 2.05) is 0 Å². The Hall–Kier alpha value is -5.92. The fourth-order valence-electron chi connectivity index (χ4n) is 8.64. The third-order valence-electron chi connectivity index (χ3n) is 12.4. The van der Waals surface area contributed by atoms with Crippen molar-refractivity contribution < 1.29 is 0 Å². The minimum absolute atomic E-state index is 0.00379. The first-order valence-electron chi connectivity index (χ1n) is 22.1. The Bertz CT molecular complexity index is 2830. The second-order valence-electron chi connectivity index (χ2n) is 21.2. The Morgan fingerprint density at radius 2 is 0.689 bits per heavy atom. The molecule has 0 unspecified atom stereocenters. The van der Waals surface area contributed by atoms with Gasteiger partial charge in [-0.1, -0.05) is 223 Å². The highest BCUT2D eigenvalue weighted by atomic mass is 15.1. The molecular weight excluding hydrogens is 735 g/mol. The van der Waals surface area contributed by atoms with Crippen molar-refractivity contribution in [2.24, 2.45) is 0 Å². The van der Waals surface area contributed by atoms with E-state index < -0.39 is 0 Å². The van der Waals surface area contributed by atoms with Crippen LogP contribution in [0.15, 0.2) is 164 Å². The largest absolute Gasteiger partial charge is 0.309 e. The lowest BCUT2D eigenvalue weighted by Crippen LogP contribution is -2.17. The Balaban J connectivity index is 1.43. The van der Waals surface area contributed by atoms with Crippen LogP contribution < -0.4 is 4.90 Å². The second kappa shape index (κ2) is 15.5. The van der Waals surface area contributed by atoms with Crippen molar-refractivity contribution in [3.63, 3.8) is 0 Å². The van der Waals surface area contributed by atoms with Crippen molar-refractivity contribution in [1.29, 1.82) is 0 Å². The lowest BCUT2D eigenvalue weighted by molar-refractivity contribution is 0.568. The number of fused-ring (bicyclic) bond motifs is 2. The number of para-hydroxylation sites is 2. The molecule has 8 aromatic rings. The fourth-order valence-corrected chi connectivity index (χ4v) is 8.64. The van der Waals surface area contributed by atoms with E-state index in [0.29, 0.717) is 0 Å². The van der Waals surface area contributed by atoms with Crippen molar-refractivity contribution in [3.05, 3.63) is 186 Å². The molecule has 0 N–H and O–H groups in total. The molecule has 0 spiro atoms. The molecule has 61 heavy (non-hydrogen) atoms. The van der Waals surface area contributed by atoms with E-state index in [1.54, 1.807) is 0 Å². The number of hydrogen-bond donors (Lipinski definition) is 0. The van der Waals surface area contributed by atoms with E-state index in [9.17, 15) is 0 Å². The zero-order chi connectivity index (χ0) is 43.5. The first-order chi connectivity index (χ1) is 28.8. The lowest BCUT2D eigenvalue weighted by atomic mass is 9.78. The third-order valence-corrected chi connectivity index (χ3v) is 12.4. The highest BCUT2D eigenvalue weighted by molar-refractivity contribution is 6.09. The van der Waals surface area contributed by atoms with Crippen LogP contribution in [0.2, 0.25) is 0 Å². The van der Waals surface area contributed by atoms with E-state index in [-0.39, 0.29) is 21.7 Å². The Morgan fingerprint density at radius 1 is 0.295 bits per heavy atom. The molecule has 0 heterocycles. The van der Waals surface area contributed by atoms with Crippen molar-refractivity contribution in [2.75, 3.05) is 4.90 Å². The third kappa shape index (κ3) is 8.41. The number of rotatable bonds is 6. The van der Waals surface area contributed by atoms with Crippen LogP contribution in [0.1, 0.15) is 105 Å². The van der Waals surface area contributed by atoms with Gasteiger partial charge in [0, 0.05) is 16.8 Å². The first kappa shape index (κ1) is 41.8. The molecule has 8 rings (SSSR count). The molecule has 0 aliphatic carbocycles. The van der Waals surface area contributed by atoms with Gasteiger partial charge in [-0.05, 0) is 112 Å². The number of anilines is 3. The maximum atomic E-state index is 2.51. The van der Waals surface area contributed by atoms with Gasteiger partial charge in [-0.15, -0.1) is 0 Å². The summed E-state index contributed by atoms with van der Waals surface area (Å²) in [5, 5.41) is 4.94. The minimum atomic E-state index is -0.0122. The van der Waals surface area contributed by atoms with Crippen LogP contribution in [0, 0.1) is 0 Å². The predicted molar refractivity (Wildman–Crippen MR) is 267 cm³/mol. The molecule has 1 heteroatoms. The molecule has 0 fully saturated rings. The minimum Gasteiger partial charge on any atom is -0.309 e. The van der Waals surface area contributed by atoms with Gasteiger partial charge >= 0.3 is 0 Å². The highest BCUT2D eigenvalue weighted by Crippen LogP contribution is 2.48. The predicted octanol–water partition coefficient (Wildman–Crippen LogP) is 17.7. The maximum absolute atomic E-state index is 2.51. The summed E-state index contributed by atoms with van der Waals surface area (Å²) in [5.41, 5.74) is 16.1. The Kier molecular flexibility index (Phi) is 10.6. The molecule has 0 atom stereocenters. The zero-order valence-electron chi connectivity index (χ0n) is 38.5. The van der Waals surface area contributed by atoms with Crippen LogP contribution in [0.25, 0.3) is 54.9 Å². The number of hydrogen-bond acceptors (Lipinski definition) is 1. The Morgan fingerprint density at radius 3 is 1.21 bits per heavy atom. The molecule has 0 amide bonds. The average Bonchev–Trinajstić information content (AvgIpc) is 3.22. The lowest BCUT2D eigenvalue weighted by Gasteiger charge is -2.31. The SMILES string of the molecule is CC(C)(C)c1cc(-c2ccccc2N(c2ccc3ccccc3c2)c2ccccc2-c2cccc3cccc(-c4cc(C(C)(C)C)cc(C(C)(C)C)c4)c23)cc(C(C)(C)C)c1. The van der Waals surface area contributed by atoms with Crippen LogP contribution in [-0.4, -0.2) is 0 Å². The van der Waals surface area contributed by atoms with E-state index in [2.05, 4.69) is 252 Å². The van der Waals surface area contributed by atoms with Gasteiger partial charge in [0.1, 0.15) is 0 Å². The molecule has 0 saturated heterocycles. The normalized spacial score (nSPS) is 12.6. The average molecular weight is 798 g/mol. The van der Waals surface area contributed by atoms with Gasteiger partial charge in [0.2, 0.25) is 0 Å². The van der Waals surface area contributed by atoms with Gasteiger partial charge in [0.25, 0.3) is 0 Å². The fraction of sp³-hybridized carbons (Fsp3) is 0.267. The Labute approximate surface area is 366 Å². The van der Waals surface area contributed by atoms with Crippen molar-refractivity contribution >= 4 is 38.6 Å². The summed E-state index contributed by atoms with van der Waals surface area (Å²) < 4.78 is 0. The van der Waals surface area contributed by atoms with Crippen molar-refractivity contribution in [1.82, 2.24) is 0 Å². The molecular formula is C60H63N. The van der Waals surface area contributed by atoms with E-state index in [4.69, 9.17) is 0 Å². The first-order valence-corrected chi connectivity index (χ1v) is 22.1. The molecule has 0 saturated carbocycles. The van der Waals surface area contributed by atoms with Crippen LogP contribution in [0.4, 0.5) is 17.1 Å². The van der Waals surface area contributed by atoms with Crippen LogP contribution >= 0.6 is 0 Å². The molecule has 1 nitrogen and oxygen atoms in total. The standard InChI is InChI=1S/C60H63N/c1-57(2,3)45-33-43(34-46(38-45)58(4,5)6)50-25-15-17-29-54(50)61(49-32-31-40-21-13-14-22-42(40)37-49)55-30-18-16-26-52(55)53-28-20-24-41-23-19-27-51(56(41)53)44-35-47(59(7,8)9)39-48(36-44)60(10,11)12/h13-39H,1-12H3. The van der Waals surface area contributed by atoms with E-state index >= 15 is 0 Å². The monoisotopic (exact) mass is 797 g/mol. The zero-order valence-corrected chi connectivity index (χ0v) is 38.5. The van der Waals surface area contributed by atoms with Crippen molar-refractivity contribution in [2.45, 2.75) is 105 Å². The van der Waals surface area contributed by atoms with Crippen LogP contribution in [-0.2, 0) is 21.7 Å². The van der Waals surface area contributed by atoms with Crippen LogP contribution in [0.3, 0.4) is 0 Å². The quantitative estimate of drug-likeness (QED) is 0.162.